The number of rotatable bonds is 5. The van der Waals surface area contributed by atoms with Gasteiger partial charge < -0.3 is 9.84 Å². The lowest BCUT2D eigenvalue weighted by Crippen LogP contribution is -2.30. The minimum Gasteiger partial charge on any atom is -0.360 e. The molecule has 1 aromatic carbocycles. The number of hydrogen-bond acceptors (Lipinski definition) is 5. The van der Waals surface area contributed by atoms with Crippen LogP contribution in [0.1, 0.15) is 41.3 Å². The summed E-state index contributed by atoms with van der Waals surface area (Å²) in [6.45, 7) is 3.72. The molecule has 0 bridgehead atoms. The molecular formula is C17H19N5O2. The highest BCUT2D eigenvalue weighted by Gasteiger charge is 2.25. The van der Waals surface area contributed by atoms with Crippen LogP contribution in [0.2, 0.25) is 0 Å². The van der Waals surface area contributed by atoms with Crippen molar-refractivity contribution >= 4 is 5.91 Å². The van der Waals surface area contributed by atoms with Gasteiger partial charge in [0.05, 0.1) is 6.04 Å². The predicted molar refractivity (Wildman–Crippen MR) is 88.2 cm³/mol. The molecule has 0 radical (unpaired) electrons. The fraction of sp³-hybridized carbons (Fsp3) is 0.294. The van der Waals surface area contributed by atoms with Gasteiger partial charge in [0.1, 0.15) is 29.2 Å². The van der Waals surface area contributed by atoms with Gasteiger partial charge in [-0.25, -0.2) is 4.98 Å². The molecule has 7 nitrogen and oxygen atoms in total. The molecule has 0 aliphatic heterocycles. The predicted octanol–water partition coefficient (Wildman–Crippen LogP) is 2.66. The summed E-state index contributed by atoms with van der Waals surface area (Å²) < 4.78 is 6.92. The zero-order chi connectivity index (χ0) is 17.1. The molecule has 0 aliphatic rings. The zero-order valence-electron chi connectivity index (χ0n) is 13.9. The second-order valence-electron chi connectivity index (χ2n) is 5.50. The van der Waals surface area contributed by atoms with Crippen LogP contribution < -0.4 is 5.32 Å². The van der Waals surface area contributed by atoms with E-state index >= 15 is 0 Å². The summed E-state index contributed by atoms with van der Waals surface area (Å²) in [5.41, 5.74) is 1.83. The van der Waals surface area contributed by atoms with Crippen LogP contribution in [-0.4, -0.2) is 25.8 Å². The second-order valence-corrected chi connectivity index (χ2v) is 5.50. The van der Waals surface area contributed by atoms with Crippen molar-refractivity contribution in [3.63, 3.8) is 0 Å². The van der Waals surface area contributed by atoms with Gasteiger partial charge in [0, 0.05) is 12.6 Å². The maximum absolute atomic E-state index is 12.8. The van der Waals surface area contributed by atoms with E-state index in [1.54, 1.807) is 18.7 Å². The van der Waals surface area contributed by atoms with Crippen LogP contribution in [0, 0.1) is 6.92 Å². The highest BCUT2D eigenvalue weighted by molar-refractivity contribution is 6.00. The summed E-state index contributed by atoms with van der Waals surface area (Å²) in [4.78, 5) is 17.1. The Labute approximate surface area is 139 Å². The van der Waals surface area contributed by atoms with E-state index in [9.17, 15) is 4.79 Å². The molecular weight excluding hydrogens is 306 g/mol. The molecule has 3 rings (SSSR count). The molecule has 0 aliphatic carbocycles. The lowest BCUT2D eigenvalue weighted by Gasteiger charge is -2.16. The molecule has 0 saturated carbocycles. The van der Waals surface area contributed by atoms with Crippen molar-refractivity contribution in [2.24, 2.45) is 7.05 Å². The summed E-state index contributed by atoms with van der Waals surface area (Å²) in [5, 5.41) is 11.1. The number of hydrogen-bond donors (Lipinski definition) is 1. The molecule has 1 N–H and O–H groups in total. The standard InChI is InChI=1S/C17H19N5O2/c1-4-13(16-18-10-19-22(16)3)20-17(23)14-11(2)24-21-15(14)12-8-6-5-7-9-12/h5-10,13H,4H2,1-3H3,(H,20,23). The van der Waals surface area contributed by atoms with Crippen LogP contribution in [0.5, 0.6) is 0 Å². The number of carbonyl (C=O) groups excluding carboxylic acids is 1. The highest BCUT2D eigenvalue weighted by atomic mass is 16.5. The monoisotopic (exact) mass is 325 g/mol. The van der Waals surface area contributed by atoms with Gasteiger partial charge in [-0.1, -0.05) is 42.4 Å². The lowest BCUT2D eigenvalue weighted by atomic mass is 10.0. The Morgan fingerprint density at radius 1 is 1.33 bits per heavy atom. The van der Waals surface area contributed by atoms with Crippen molar-refractivity contribution in [3.8, 4) is 11.3 Å². The van der Waals surface area contributed by atoms with E-state index in [4.69, 9.17) is 4.52 Å². The Kier molecular flexibility index (Phi) is 4.41. The first-order chi connectivity index (χ1) is 11.6. The van der Waals surface area contributed by atoms with E-state index in [0.29, 0.717) is 29.3 Å². The van der Waals surface area contributed by atoms with Gasteiger partial charge in [0.2, 0.25) is 0 Å². The summed E-state index contributed by atoms with van der Waals surface area (Å²) in [5.74, 6) is 0.961. The van der Waals surface area contributed by atoms with Crippen LogP contribution in [0.4, 0.5) is 0 Å². The quantitative estimate of drug-likeness (QED) is 0.779. The Hall–Kier alpha value is -2.96. The summed E-state index contributed by atoms with van der Waals surface area (Å²) in [6.07, 6.45) is 2.17. The normalized spacial score (nSPS) is 12.1. The number of nitrogens with zero attached hydrogens (tertiary/aromatic N) is 4. The molecule has 124 valence electrons. The molecule has 7 heteroatoms. The molecule has 0 spiro atoms. The number of nitrogens with one attached hydrogen (secondary N) is 1. The number of benzene rings is 1. The first kappa shape index (κ1) is 15.9. The Bertz CT molecular complexity index is 838. The molecule has 2 aromatic heterocycles. The maximum Gasteiger partial charge on any atom is 0.257 e. The van der Waals surface area contributed by atoms with E-state index in [1.165, 1.54) is 6.33 Å². The topological polar surface area (TPSA) is 85.8 Å². The van der Waals surface area contributed by atoms with Crippen LogP contribution in [0.15, 0.2) is 41.2 Å². The molecule has 2 heterocycles. The molecule has 3 aromatic rings. The van der Waals surface area contributed by atoms with Gasteiger partial charge in [-0.3, -0.25) is 9.48 Å². The molecule has 0 fully saturated rings. The first-order valence-electron chi connectivity index (χ1n) is 7.78. The summed E-state index contributed by atoms with van der Waals surface area (Å²) >= 11 is 0. The minimum atomic E-state index is -0.234. The van der Waals surface area contributed by atoms with Crippen LogP contribution in [0.3, 0.4) is 0 Å². The van der Waals surface area contributed by atoms with Gasteiger partial charge in [-0.2, -0.15) is 5.10 Å². The third-order valence-electron chi connectivity index (χ3n) is 3.91. The smallest absolute Gasteiger partial charge is 0.257 e. The number of aromatic nitrogens is 4. The van der Waals surface area contributed by atoms with Crippen LogP contribution in [0.25, 0.3) is 11.3 Å². The highest BCUT2D eigenvalue weighted by Crippen LogP contribution is 2.26. The van der Waals surface area contributed by atoms with Crippen molar-refractivity contribution in [2.75, 3.05) is 0 Å². The Morgan fingerprint density at radius 2 is 2.08 bits per heavy atom. The second kappa shape index (κ2) is 6.66. The number of aryl methyl sites for hydroxylation is 2. The largest absolute Gasteiger partial charge is 0.360 e. The van der Waals surface area contributed by atoms with E-state index in [1.807, 2.05) is 37.3 Å². The van der Waals surface area contributed by atoms with Crippen molar-refractivity contribution < 1.29 is 9.32 Å². The average molecular weight is 325 g/mol. The van der Waals surface area contributed by atoms with Gasteiger partial charge in [0.15, 0.2) is 0 Å². The third-order valence-corrected chi connectivity index (χ3v) is 3.91. The fourth-order valence-electron chi connectivity index (χ4n) is 2.63. The Balaban J connectivity index is 1.91. The average Bonchev–Trinajstić information content (AvgIpc) is 3.19. The van der Waals surface area contributed by atoms with Crippen molar-refractivity contribution in [3.05, 3.63) is 53.8 Å². The first-order valence-corrected chi connectivity index (χ1v) is 7.78. The summed E-state index contributed by atoms with van der Waals surface area (Å²) in [6, 6.07) is 9.27. The number of amides is 1. The van der Waals surface area contributed by atoms with Crippen molar-refractivity contribution in [1.82, 2.24) is 25.2 Å². The van der Waals surface area contributed by atoms with Crippen molar-refractivity contribution in [2.45, 2.75) is 26.3 Å². The Morgan fingerprint density at radius 3 is 2.71 bits per heavy atom. The lowest BCUT2D eigenvalue weighted by molar-refractivity contribution is 0.0932. The van der Waals surface area contributed by atoms with Crippen LogP contribution in [-0.2, 0) is 7.05 Å². The third kappa shape index (κ3) is 2.92. The maximum atomic E-state index is 12.8. The van der Waals surface area contributed by atoms with E-state index in [2.05, 4.69) is 20.6 Å². The SMILES string of the molecule is CCC(NC(=O)c1c(-c2ccccc2)noc1C)c1ncnn1C. The molecule has 0 saturated heterocycles. The van der Waals surface area contributed by atoms with Crippen molar-refractivity contribution in [1.29, 1.82) is 0 Å². The van der Waals surface area contributed by atoms with Gasteiger partial charge in [0.25, 0.3) is 5.91 Å². The fourth-order valence-corrected chi connectivity index (χ4v) is 2.63. The molecule has 1 unspecified atom stereocenters. The molecule has 24 heavy (non-hydrogen) atoms. The zero-order valence-corrected chi connectivity index (χ0v) is 13.9. The molecule has 1 atom stereocenters. The van der Waals surface area contributed by atoms with Crippen LogP contribution >= 0.6 is 0 Å². The van der Waals surface area contributed by atoms with Gasteiger partial charge in [-0.05, 0) is 13.3 Å². The van der Waals surface area contributed by atoms with Gasteiger partial charge in [-0.15, -0.1) is 0 Å². The number of carbonyl (C=O) groups is 1. The molecule has 1 amide bonds. The van der Waals surface area contributed by atoms with E-state index < -0.39 is 0 Å². The summed E-state index contributed by atoms with van der Waals surface area (Å²) in [7, 11) is 1.80. The van der Waals surface area contributed by atoms with E-state index in [-0.39, 0.29) is 11.9 Å². The minimum absolute atomic E-state index is 0.233. The van der Waals surface area contributed by atoms with E-state index in [0.717, 1.165) is 5.56 Å². The van der Waals surface area contributed by atoms with Gasteiger partial charge >= 0.3 is 0 Å².